The highest BCUT2D eigenvalue weighted by Crippen LogP contribution is 2.70. The number of ketones is 1. The van der Waals surface area contributed by atoms with E-state index >= 15 is 8.78 Å². The average molecular weight is 673 g/mol. The minimum atomic E-state index is -5.92. The summed E-state index contributed by atoms with van der Waals surface area (Å²) in [4.78, 5) is 36.9. The zero-order chi connectivity index (χ0) is 34.6. The fourth-order valence-electron chi connectivity index (χ4n) is 8.71. The summed E-state index contributed by atoms with van der Waals surface area (Å²) in [6, 6.07) is 12.3. The monoisotopic (exact) mass is 672 g/mol. The van der Waals surface area contributed by atoms with Crippen LogP contribution in [0.3, 0.4) is 0 Å². The second-order valence-corrected chi connectivity index (χ2v) is 13.5. The first-order chi connectivity index (χ1) is 22.6. The van der Waals surface area contributed by atoms with Gasteiger partial charge in [0.15, 0.2) is 5.78 Å². The Kier molecular flexibility index (Phi) is 8.54. The van der Waals surface area contributed by atoms with E-state index in [1.165, 1.54) is 19.1 Å². The Morgan fingerprint density at radius 3 is 2.17 bits per heavy atom. The summed E-state index contributed by atoms with van der Waals surface area (Å²) in [5, 5.41) is 16.8. The molecule has 2 amide bonds. The van der Waals surface area contributed by atoms with Crippen LogP contribution in [0, 0.1) is 17.3 Å². The predicted molar refractivity (Wildman–Crippen MR) is 168 cm³/mol. The molecule has 0 heterocycles. The quantitative estimate of drug-likeness (QED) is 0.212. The van der Waals surface area contributed by atoms with Crippen molar-refractivity contribution in [1.82, 2.24) is 0 Å². The maximum absolute atomic E-state index is 15.2. The lowest BCUT2D eigenvalue weighted by Crippen LogP contribution is -2.65. The molecule has 0 radical (unpaired) electrons. The van der Waals surface area contributed by atoms with Crippen LogP contribution < -0.4 is 10.6 Å². The van der Waals surface area contributed by atoms with Gasteiger partial charge in [-0.2, -0.15) is 22.0 Å². The van der Waals surface area contributed by atoms with Gasteiger partial charge in [0.05, 0.1) is 12.2 Å². The van der Waals surface area contributed by atoms with E-state index in [0.717, 1.165) is 16.7 Å². The molecule has 2 saturated carbocycles. The second-order valence-electron chi connectivity index (χ2n) is 13.5. The number of carbonyl (C=O) groups excluding carboxylic acids is 3. The Morgan fingerprint density at radius 1 is 0.938 bits per heavy atom. The lowest BCUT2D eigenvalue weighted by Gasteiger charge is -2.56. The van der Waals surface area contributed by atoms with E-state index in [9.17, 15) is 32.7 Å². The van der Waals surface area contributed by atoms with Gasteiger partial charge in [-0.15, -0.1) is 0 Å². The maximum atomic E-state index is 15.2. The first-order valence-electron chi connectivity index (χ1n) is 16.2. The molecule has 2 aromatic carbocycles. The van der Waals surface area contributed by atoms with Gasteiger partial charge in [0, 0.05) is 29.1 Å². The van der Waals surface area contributed by atoms with Crippen LogP contribution in [-0.4, -0.2) is 47.2 Å². The zero-order valence-corrected chi connectivity index (χ0v) is 26.6. The number of esters is 1. The third kappa shape index (κ3) is 5.51. The molecule has 7 nitrogen and oxygen atoms in total. The molecule has 0 saturated heterocycles. The molecule has 5 atom stereocenters. The number of hydrogen-bond donors (Lipinski definition) is 3. The standard InChI is InChI=1S/C36H37F5N2O5/c1-3-48-31(45)21-6-11-24(12-7-21)43-32(46)42-23-9-4-20(5-10-23)28-19-33(2)29(16-17-34(33,47)35(37,38)36(39,40)41)27-14-8-22-18-25(44)13-15-26(22)30(27)28/h4-7,9-12,18,27-29,47H,3,8,13-17,19H2,1-2H3,(H2,42,43,46)/t27?,28-,29?,33+,34+/m1/s1. The Balaban J connectivity index is 1.29. The number of nitrogens with one attached hydrogen (secondary N) is 2. The third-order valence-electron chi connectivity index (χ3n) is 11.0. The van der Waals surface area contributed by atoms with Crippen LogP contribution in [-0.2, 0) is 9.53 Å². The number of urea groups is 1. The van der Waals surface area contributed by atoms with E-state index in [1.54, 1.807) is 49.4 Å². The molecule has 2 fully saturated rings. The Labute approximate surface area is 274 Å². The first kappa shape index (κ1) is 33.8. The lowest BCUT2D eigenvalue weighted by atomic mass is 9.50. The number of allylic oxidation sites excluding steroid dienone is 4. The lowest BCUT2D eigenvalue weighted by molar-refractivity contribution is -0.362. The van der Waals surface area contributed by atoms with Gasteiger partial charge < -0.3 is 20.5 Å². The molecule has 0 aliphatic heterocycles. The summed E-state index contributed by atoms with van der Waals surface area (Å²) >= 11 is 0. The molecule has 0 spiro atoms. The molecular formula is C36H37F5N2O5. The van der Waals surface area contributed by atoms with Crippen molar-refractivity contribution in [3.05, 3.63) is 82.5 Å². The van der Waals surface area contributed by atoms with E-state index in [1.807, 2.05) is 0 Å². The number of carbonyl (C=O) groups is 3. The topological polar surface area (TPSA) is 105 Å². The predicted octanol–water partition coefficient (Wildman–Crippen LogP) is 8.34. The largest absolute Gasteiger partial charge is 0.462 e. The summed E-state index contributed by atoms with van der Waals surface area (Å²) in [6.45, 7) is 3.31. The number of halogens is 5. The molecule has 2 aromatic rings. The van der Waals surface area contributed by atoms with E-state index in [-0.39, 0.29) is 31.1 Å². The maximum Gasteiger partial charge on any atom is 0.456 e. The van der Waals surface area contributed by atoms with Crippen molar-refractivity contribution in [2.75, 3.05) is 17.2 Å². The van der Waals surface area contributed by atoms with Gasteiger partial charge in [-0.1, -0.05) is 24.6 Å². The van der Waals surface area contributed by atoms with Crippen LogP contribution in [0.1, 0.15) is 80.6 Å². The number of alkyl halides is 5. The van der Waals surface area contributed by atoms with Crippen molar-refractivity contribution >= 4 is 29.2 Å². The highest BCUT2D eigenvalue weighted by molar-refractivity contribution is 6.00. The third-order valence-corrected chi connectivity index (χ3v) is 11.0. The highest BCUT2D eigenvalue weighted by Gasteiger charge is 2.79. The summed E-state index contributed by atoms with van der Waals surface area (Å²) in [7, 11) is 0. The van der Waals surface area contributed by atoms with Crippen molar-refractivity contribution in [3.63, 3.8) is 0 Å². The molecule has 2 unspecified atom stereocenters. The SMILES string of the molecule is CCOC(=O)c1ccc(NC(=O)Nc2ccc([C@H]3C[C@@]4(C)C(CC[C@@]4(O)C(F)(F)C(F)(F)F)C4CCC5=CC(=O)CCC5=C43)cc2)cc1. The smallest absolute Gasteiger partial charge is 0.456 e. The highest BCUT2D eigenvalue weighted by atomic mass is 19.4. The number of hydrogen-bond acceptors (Lipinski definition) is 5. The molecule has 4 aliphatic carbocycles. The number of anilines is 2. The molecule has 256 valence electrons. The van der Waals surface area contributed by atoms with Crippen LogP contribution >= 0.6 is 0 Å². The van der Waals surface area contributed by atoms with Crippen LogP contribution in [0.5, 0.6) is 0 Å². The van der Waals surface area contributed by atoms with Gasteiger partial charge in [-0.05, 0) is 116 Å². The number of ether oxygens (including phenoxy) is 1. The Hall–Kier alpha value is -4.06. The van der Waals surface area contributed by atoms with E-state index < -0.39 is 53.4 Å². The minimum absolute atomic E-state index is 0.00806. The number of aliphatic hydroxyl groups is 1. The summed E-state index contributed by atoms with van der Waals surface area (Å²) in [5.41, 5.74) is -0.386. The normalized spacial score (nSPS) is 28.5. The van der Waals surface area contributed by atoms with Crippen molar-refractivity contribution in [1.29, 1.82) is 0 Å². The van der Waals surface area contributed by atoms with Crippen molar-refractivity contribution in [3.8, 4) is 0 Å². The van der Waals surface area contributed by atoms with Gasteiger partial charge in [-0.3, -0.25) is 4.79 Å². The van der Waals surface area contributed by atoms with Gasteiger partial charge in [-0.25, -0.2) is 9.59 Å². The Morgan fingerprint density at radius 2 is 1.56 bits per heavy atom. The van der Waals surface area contributed by atoms with Crippen LogP contribution in [0.4, 0.5) is 38.1 Å². The van der Waals surface area contributed by atoms with Crippen molar-refractivity contribution < 1.29 is 46.2 Å². The molecule has 3 N–H and O–H groups in total. The van der Waals surface area contributed by atoms with Gasteiger partial charge in [0.2, 0.25) is 0 Å². The number of rotatable bonds is 6. The molecule has 48 heavy (non-hydrogen) atoms. The number of amides is 2. The first-order valence-corrected chi connectivity index (χ1v) is 16.2. The zero-order valence-electron chi connectivity index (χ0n) is 26.6. The molecule has 4 aliphatic rings. The minimum Gasteiger partial charge on any atom is -0.462 e. The van der Waals surface area contributed by atoms with Crippen LogP contribution in [0.15, 0.2) is 71.3 Å². The van der Waals surface area contributed by atoms with Crippen molar-refractivity contribution in [2.24, 2.45) is 17.3 Å². The van der Waals surface area contributed by atoms with E-state index in [0.29, 0.717) is 48.2 Å². The summed E-state index contributed by atoms with van der Waals surface area (Å²) < 4.78 is 76.8. The summed E-state index contributed by atoms with van der Waals surface area (Å²) in [5.74, 6) is -7.29. The van der Waals surface area contributed by atoms with Gasteiger partial charge in [0.1, 0.15) is 5.60 Å². The van der Waals surface area contributed by atoms with E-state index in [4.69, 9.17) is 4.74 Å². The number of fused-ring (bicyclic) bond motifs is 4. The fraction of sp³-hybridized carbons (Fsp3) is 0.472. The molecule has 0 bridgehead atoms. The summed E-state index contributed by atoms with van der Waals surface area (Å²) in [6.07, 6.45) is -3.28. The molecular weight excluding hydrogens is 635 g/mol. The number of benzene rings is 2. The van der Waals surface area contributed by atoms with Crippen LogP contribution in [0.25, 0.3) is 0 Å². The molecule has 0 aromatic heterocycles. The van der Waals surface area contributed by atoms with Crippen molar-refractivity contribution in [2.45, 2.75) is 82.4 Å². The van der Waals surface area contributed by atoms with Gasteiger partial charge >= 0.3 is 24.1 Å². The Bertz CT molecular complexity index is 1680. The van der Waals surface area contributed by atoms with E-state index in [2.05, 4.69) is 10.6 Å². The van der Waals surface area contributed by atoms with Crippen LogP contribution in [0.2, 0.25) is 0 Å². The average Bonchev–Trinajstić information content (AvgIpc) is 3.32. The van der Waals surface area contributed by atoms with Gasteiger partial charge in [0.25, 0.3) is 0 Å². The molecule has 12 heteroatoms. The molecule has 6 rings (SSSR count). The second kappa shape index (κ2) is 12.1. The fourth-order valence-corrected chi connectivity index (χ4v) is 8.71.